The molecule has 0 radical (unpaired) electrons. The molecular weight excluding hydrogens is 218 g/mol. The summed E-state index contributed by atoms with van der Waals surface area (Å²) in [4.78, 5) is 0. The molecule has 4 nitrogen and oxygen atoms in total. The lowest BCUT2D eigenvalue weighted by Crippen LogP contribution is -2.16. The smallest absolute Gasteiger partial charge is 0.161 e. The molecule has 0 spiro atoms. The highest BCUT2D eigenvalue weighted by atomic mass is 16.5. The van der Waals surface area contributed by atoms with Gasteiger partial charge in [0.1, 0.15) is 0 Å². The van der Waals surface area contributed by atoms with E-state index in [1.54, 1.807) is 7.11 Å². The fourth-order valence-corrected chi connectivity index (χ4v) is 1.67. The van der Waals surface area contributed by atoms with Crippen LogP contribution in [-0.4, -0.2) is 31.9 Å². The minimum Gasteiger partial charge on any atom is -0.493 e. The molecule has 94 valence electrons. The van der Waals surface area contributed by atoms with Gasteiger partial charge in [0.15, 0.2) is 11.5 Å². The summed E-state index contributed by atoms with van der Waals surface area (Å²) in [5.74, 6) is 1.44. The highest BCUT2D eigenvalue weighted by molar-refractivity contribution is 5.44. The number of likely N-dealkylation sites (N-methyl/N-ethyl adjacent to an activating group) is 1. The van der Waals surface area contributed by atoms with E-state index in [0.29, 0.717) is 18.4 Å². The molecule has 0 aliphatic heterocycles. The number of ether oxygens (including phenoxy) is 2. The van der Waals surface area contributed by atoms with Crippen molar-refractivity contribution in [1.29, 1.82) is 0 Å². The van der Waals surface area contributed by atoms with Gasteiger partial charge in [0, 0.05) is 6.54 Å². The van der Waals surface area contributed by atoms with Crippen LogP contribution in [0.1, 0.15) is 24.5 Å². The van der Waals surface area contributed by atoms with Gasteiger partial charge >= 0.3 is 0 Å². The van der Waals surface area contributed by atoms with Crippen molar-refractivity contribution in [3.05, 3.63) is 23.8 Å². The normalized spacial score (nSPS) is 16.6. The Morgan fingerprint density at radius 1 is 1.41 bits per heavy atom. The summed E-state index contributed by atoms with van der Waals surface area (Å²) in [6.07, 6.45) is 2.06. The lowest BCUT2D eigenvalue weighted by molar-refractivity contribution is 0.177. The molecule has 1 fully saturated rings. The maximum atomic E-state index is 9.87. The number of aliphatic hydroxyl groups is 1. The van der Waals surface area contributed by atoms with Crippen molar-refractivity contribution in [2.75, 3.05) is 20.7 Å². The number of nitrogens with one attached hydrogen (secondary N) is 1. The molecule has 0 saturated heterocycles. The topological polar surface area (TPSA) is 50.7 Å². The van der Waals surface area contributed by atoms with Crippen LogP contribution >= 0.6 is 0 Å². The Morgan fingerprint density at radius 3 is 2.76 bits per heavy atom. The van der Waals surface area contributed by atoms with Crippen LogP contribution < -0.4 is 14.8 Å². The van der Waals surface area contributed by atoms with Crippen LogP contribution in [0.4, 0.5) is 0 Å². The third kappa shape index (κ3) is 3.11. The lowest BCUT2D eigenvalue weighted by atomic mass is 10.1. The zero-order chi connectivity index (χ0) is 12.3. The van der Waals surface area contributed by atoms with E-state index in [1.807, 2.05) is 25.2 Å². The summed E-state index contributed by atoms with van der Waals surface area (Å²) in [5, 5.41) is 12.8. The Labute approximate surface area is 102 Å². The molecule has 0 bridgehead atoms. The third-order valence-electron chi connectivity index (χ3n) is 2.79. The molecular formula is C13H19NO3. The molecule has 1 aliphatic rings. The molecule has 0 amide bonds. The fourth-order valence-electron chi connectivity index (χ4n) is 1.67. The maximum Gasteiger partial charge on any atom is 0.161 e. The first kappa shape index (κ1) is 12.2. The van der Waals surface area contributed by atoms with Crippen molar-refractivity contribution in [3.8, 4) is 11.5 Å². The molecule has 1 aromatic rings. The van der Waals surface area contributed by atoms with Gasteiger partial charge in [-0.15, -0.1) is 0 Å². The zero-order valence-electron chi connectivity index (χ0n) is 10.3. The first-order valence-corrected chi connectivity index (χ1v) is 5.92. The predicted octanol–water partition coefficient (Wildman–Crippen LogP) is 1.49. The monoisotopic (exact) mass is 237 g/mol. The maximum absolute atomic E-state index is 9.87. The molecule has 2 rings (SSSR count). The van der Waals surface area contributed by atoms with Gasteiger partial charge in [-0.1, -0.05) is 6.07 Å². The summed E-state index contributed by atoms with van der Waals surface area (Å²) in [6, 6.07) is 5.58. The van der Waals surface area contributed by atoms with Gasteiger partial charge in [-0.3, -0.25) is 0 Å². The summed E-state index contributed by atoms with van der Waals surface area (Å²) in [7, 11) is 3.42. The van der Waals surface area contributed by atoms with Crippen molar-refractivity contribution in [2.24, 2.45) is 0 Å². The second-order valence-corrected chi connectivity index (χ2v) is 4.30. The molecule has 1 saturated carbocycles. The number of benzene rings is 1. The molecule has 1 atom stereocenters. The first-order chi connectivity index (χ1) is 8.24. The number of methoxy groups -OCH3 is 1. The van der Waals surface area contributed by atoms with Crippen molar-refractivity contribution < 1.29 is 14.6 Å². The Hall–Kier alpha value is -1.26. The van der Waals surface area contributed by atoms with E-state index in [2.05, 4.69) is 5.32 Å². The van der Waals surface area contributed by atoms with Crippen molar-refractivity contribution >= 4 is 0 Å². The fraction of sp³-hybridized carbons (Fsp3) is 0.538. The molecule has 4 heteroatoms. The van der Waals surface area contributed by atoms with Gasteiger partial charge in [-0.25, -0.2) is 0 Å². The number of hydrogen-bond acceptors (Lipinski definition) is 4. The van der Waals surface area contributed by atoms with Crippen LogP contribution in [0.3, 0.4) is 0 Å². The van der Waals surface area contributed by atoms with Gasteiger partial charge in [-0.2, -0.15) is 0 Å². The van der Waals surface area contributed by atoms with Crippen LogP contribution in [0.5, 0.6) is 11.5 Å². The highest BCUT2D eigenvalue weighted by Gasteiger charge is 2.25. The van der Waals surface area contributed by atoms with Gasteiger partial charge in [0.2, 0.25) is 0 Å². The van der Waals surface area contributed by atoms with Crippen LogP contribution in [-0.2, 0) is 0 Å². The van der Waals surface area contributed by atoms with Crippen LogP contribution in [0.15, 0.2) is 18.2 Å². The van der Waals surface area contributed by atoms with Gasteiger partial charge in [0.05, 0.1) is 19.3 Å². The predicted molar refractivity (Wildman–Crippen MR) is 65.5 cm³/mol. The molecule has 1 unspecified atom stereocenters. The minimum atomic E-state index is -0.524. The Balaban J connectivity index is 2.14. The Bertz CT molecular complexity index is 377. The molecule has 1 aromatic carbocycles. The van der Waals surface area contributed by atoms with Gasteiger partial charge < -0.3 is 19.9 Å². The summed E-state index contributed by atoms with van der Waals surface area (Å²) >= 11 is 0. The van der Waals surface area contributed by atoms with E-state index in [9.17, 15) is 5.11 Å². The van der Waals surface area contributed by atoms with Crippen molar-refractivity contribution in [1.82, 2.24) is 5.32 Å². The lowest BCUT2D eigenvalue weighted by Gasteiger charge is -2.14. The second kappa shape index (κ2) is 5.38. The van der Waals surface area contributed by atoms with Crippen molar-refractivity contribution in [3.63, 3.8) is 0 Å². The van der Waals surface area contributed by atoms with E-state index in [4.69, 9.17) is 9.47 Å². The first-order valence-electron chi connectivity index (χ1n) is 5.92. The summed E-state index contributed by atoms with van der Waals surface area (Å²) in [5.41, 5.74) is 0.833. The van der Waals surface area contributed by atoms with Crippen molar-refractivity contribution in [2.45, 2.75) is 25.0 Å². The van der Waals surface area contributed by atoms with E-state index in [0.717, 1.165) is 24.2 Å². The van der Waals surface area contributed by atoms with E-state index in [1.165, 1.54) is 0 Å². The second-order valence-electron chi connectivity index (χ2n) is 4.30. The van der Waals surface area contributed by atoms with Crippen LogP contribution in [0.25, 0.3) is 0 Å². The number of rotatable bonds is 6. The van der Waals surface area contributed by atoms with E-state index < -0.39 is 6.10 Å². The number of aliphatic hydroxyl groups excluding tert-OH is 1. The summed E-state index contributed by atoms with van der Waals surface area (Å²) < 4.78 is 11.0. The largest absolute Gasteiger partial charge is 0.493 e. The van der Waals surface area contributed by atoms with Gasteiger partial charge in [0.25, 0.3) is 0 Å². The van der Waals surface area contributed by atoms with E-state index in [-0.39, 0.29) is 0 Å². The summed E-state index contributed by atoms with van der Waals surface area (Å²) in [6.45, 7) is 0.520. The Morgan fingerprint density at radius 2 is 2.18 bits per heavy atom. The highest BCUT2D eigenvalue weighted by Crippen LogP contribution is 2.35. The molecule has 0 aromatic heterocycles. The van der Waals surface area contributed by atoms with Crippen LogP contribution in [0.2, 0.25) is 0 Å². The molecule has 2 N–H and O–H groups in total. The SMILES string of the molecule is CNCC(O)c1ccc(OC2CC2)c(OC)c1. The molecule has 17 heavy (non-hydrogen) atoms. The van der Waals surface area contributed by atoms with Gasteiger partial charge in [-0.05, 0) is 37.6 Å². The average Bonchev–Trinajstić information content (AvgIpc) is 3.14. The number of hydrogen-bond donors (Lipinski definition) is 2. The quantitative estimate of drug-likeness (QED) is 0.787. The van der Waals surface area contributed by atoms with Crippen LogP contribution in [0, 0.1) is 0 Å². The third-order valence-corrected chi connectivity index (χ3v) is 2.79. The molecule has 0 heterocycles. The minimum absolute atomic E-state index is 0.344. The Kier molecular flexibility index (Phi) is 3.86. The standard InChI is InChI=1S/C13H19NO3/c1-14-8-11(15)9-3-6-12(13(7-9)16-2)17-10-4-5-10/h3,6-7,10-11,14-15H,4-5,8H2,1-2H3. The zero-order valence-corrected chi connectivity index (χ0v) is 10.3. The molecule has 1 aliphatic carbocycles. The van der Waals surface area contributed by atoms with E-state index >= 15 is 0 Å². The average molecular weight is 237 g/mol.